The molecule has 3 aromatic rings. The van der Waals surface area contributed by atoms with Crippen LogP contribution in [0.15, 0.2) is 57.7 Å². The summed E-state index contributed by atoms with van der Waals surface area (Å²) in [5, 5.41) is 4.12. The standard InChI is InChI=1S/C27H29NO4/c1-16-11-26(29)32-25-14-22(9-10-23(16)25)31-15-18-3-6-20(7-4-18)27(30)28-17(2)24-13-19-5-8-21(24)12-19/h3-4,6-7,9-11,14,17,19,21,24H,5,8,12-13,15H2,1-2H3,(H,28,30). The minimum absolute atomic E-state index is 0.00679. The van der Waals surface area contributed by atoms with Gasteiger partial charge in [0.1, 0.15) is 17.9 Å². The molecule has 2 fully saturated rings. The Balaban J connectivity index is 1.19. The van der Waals surface area contributed by atoms with E-state index in [-0.39, 0.29) is 17.6 Å². The van der Waals surface area contributed by atoms with Gasteiger partial charge in [0.15, 0.2) is 0 Å². The van der Waals surface area contributed by atoms with Crippen molar-refractivity contribution in [2.24, 2.45) is 17.8 Å². The average Bonchev–Trinajstić information content (AvgIpc) is 3.41. The van der Waals surface area contributed by atoms with Gasteiger partial charge in [0, 0.05) is 29.1 Å². The molecule has 1 N–H and O–H groups in total. The lowest BCUT2D eigenvalue weighted by Crippen LogP contribution is -2.40. The molecule has 5 rings (SSSR count). The summed E-state index contributed by atoms with van der Waals surface area (Å²) in [5.74, 6) is 2.93. The van der Waals surface area contributed by atoms with Crippen molar-refractivity contribution >= 4 is 16.9 Å². The third-order valence-electron chi connectivity index (χ3n) is 7.34. The third-order valence-corrected chi connectivity index (χ3v) is 7.34. The van der Waals surface area contributed by atoms with Gasteiger partial charge in [-0.15, -0.1) is 0 Å². The molecule has 1 aromatic heterocycles. The lowest BCUT2D eigenvalue weighted by Gasteiger charge is -2.28. The van der Waals surface area contributed by atoms with E-state index in [9.17, 15) is 9.59 Å². The Morgan fingerprint density at radius 2 is 1.94 bits per heavy atom. The Morgan fingerprint density at radius 1 is 1.12 bits per heavy atom. The molecule has 5 nitrogen and oxygen atoms in total. The Morgan fingerprint density at radius 3 is 2.66 bits per heavy atom. The summed E-state index contributed by atoms with van der Waals surface area (Å²) in [4.78, 5) is 24.3. The average molecular weight is 432 g/mol. The lowest BCUT2D eigenvalue weighted by molar-refractivity contribution is 0.0915. The van der Waals surface area contributed by atoms with Crippen LogP contribution < -0.4 is 15.7 Å². The predicted octanol–water partition coefficient (Wildman–Crippen LogP) is 5.23. The molecule has 2 saturated carbocycles. The summed E-state index contributed by atoms with van der Waals surface area (Å²) in [7, 11) is 0. The second-order valence-electron chi connectivity index (χ2n) is 9.49. The van der Waals surface area contributed by atoms with E-state index in [1.807, 2.05) is 43.3 Å². The van der Waals surface area contributed by atoms with Gasteiger partial charge in [-0.25, -0.2) is 4.79 Å². The number of fused-ring (bicyclic) bond motifs is 3. The zero-order valence-corrected chi connectivity index (χ0v) is 18.6. The molecule has 0 aliphatic heterocycles. The Kier molecular flexibility index (Phi) is 5.50. The topological polar surface area (TPSA) is 68.5 Å². The lowest BCUT2D eigenvalue weighted by atomic mass is 9.84. The van der Waals surface area contributed by atoms with Gasteiger partial charge in [0.05, 0.1) is 0 Å². The summed E-state index contributed by atoms with van der Waals surface area (Å²) in [6.07, 6.45) is 5.31. The molecular formula is C27H29NO4. The van der Waals surface area contributed by atoms with E-state index in [1.54, 1.807) is 6.07 Å². The number of rotatable bonds is 6. The zero-order chi connectivity index (χ0) is 22.2. The molecule has 4 atom stereocenters. The molecule has 32 heavy (non-hydrogen) atoms. The van der Waals surface area contributed by atoms with Crippen LogP contribution in [0.3, 0.4) is 0 Å². The highest BCUT2D eigenvalue weighted by Gasteiger charge is 2.42. The Labute approximate surface area is 187 Å². The van der Waals surface area contributed by atoms with E-state index in [0.717, 1.165) is 28.3 Å². The molecule has 1 heterocycles. The fourth-order valence-corrected chi connectivity index (χ4v) is 5.62. The SMILES string of the molecule is Cc1cc(=O)oc2cc(OCc3ccc(C(=O)NC(C)C4CC5CCC4C5)cc3)ccc12. The fraction of sp³-hybridized carbons (Fsp3) is 0.407. The number of ether oxygens (including phenoxy) is 1. The van der Waals surface area contributed by atoms with E-state index in [4.69, 9.17) is 9.15 Å². The highest BCUT2D eigenvalue weighted by atomic mass is 16.5. The van der Waals surface area contributed by atoms with Gasteiger partial charge in [-0.2, -0.15) is 0 Å². The first-order valence-electron chi connectivity index (χ1n) is 11.5. The molecule has 5 heteroatoms. The minimum Gasteiger partial charge on any atom is -0.489 e. The minimum atomic E-state index is -0.365. The molecule has 2 aliphatic rings. The number of hydrogen-bond acceptors (Lipinski definition) is 4. The van der Waals surface area contributed by atoms with Crippen LogP contribution in [-0.2, 0) is 6.61 Å². The van der Waals surface area contributed by atoms with Gasteiger partial charge in [-0.05, 0) is 86.3 Å². The number of amides is 1. The summed E-state index contributed by atoms with van der Waals surface area (Å²) in [5.41, 5.74) is 2.67. The van der Waals surface area contributed by atoms with Gasteiger partial charge in [-0.3, -0.25) is 4.79 Å². The van der Waals surface area contributed by atoms with Crippen molar-refractivity contribution in [1.82, 2.24) is 5.32 Å². The van der Waals surface area contributed by atoms with Crippen molar-refractivity contribution in [2.45, 2.75) is 52.2 Å². The van der Waals surface area contributed by atoms with Gasteiger partial charge in [0.25, 0.3) is 5.91 Å². The van der Waals surface area contributed by atoms with Crippen molar-refractivity contribution in [3.63, 3.8) is 0 Å². The molecule has 1 amide bonds. The number of carbonyl (C=O) groups excluding carboxylic acids is 1. The number of nitrogens with one attached hydrogen (secondary N) is 1. The highest BCUT2D eigenvalue weighted by Crippen LogP contribution is 2.49. The first-order chi connectivity index (χ1) is 15.5. The maximum atomic E-state index is 12.7. The van der Waals surface area contributed by atoms with Crippen LogP contribution in [0.5, 0.6) is 5.75 Å². The second kappa shape index (κ2) is 8.45. The van der Waals surface area contributed by atoms with Crippen LogP contribution in [0.4, 0.5) is 0 Å². The number of benzene rings is 2. The highest BCUT2D eigenvalue weighted by molar-refractivity contribution is 5.94. The molecule has 2 bridgehead atoms. The molecule has 2 aliphatic carbocycles. The summed E-state index contributed by atoms with van der Waals surface area (Å²) >= 11 is 0. The summed E-state index contributed by atoms with van der Waals surface area (Å²) in [6.45, 7) is 4.40. The van der Waals surface area contributed by atoms with E-state index < -0.39 is 0 Å². The van der Waals surface area contributed by atoms with Crippen LogP contribution in [-0.4, -0.2) is 11.9 Å². The van der Waals surface area contributed by atoms with E-state index in [1.165, 1.54) is 31.7 Å². The van der Waals surface area contributed by atoms with Crippen LogP contribution in [0.1, 0.15) is 54.1 Å². The summed E-state index contributed by atoms with van der Waals surface area (Å²) < 4.78 is 11.2. The van der Waals surface area contributed by atoms with E-state index >= 15 is 0 Å². The fourth-order valence-electron chi connectivity index (χ4n) is 5.62. The van der Waals surface area contributed by atoms with Gasteiger partial charge in [0.2, 0.25) is 0 Å². The smallest absolute Gasteiger partial charge is 0.336 e. The van der Waals surface area contributed by atoms with Crippen molar-refractivity contribution < 1.29 is 13.9 Å². The van der Waals surface area contributed by atoms with Crippen molar-refractivity contribution in [2.75, 3.05) is 0 Å². The maximum Gasteiger partial charge on any atom is 0.336 e. The number of hydrogen-bond donors (Lipinski definition) is 1. The molecular weight excluding hydrogens is 402 g/mol. The van der Waals surface area contributed by atoms with Crippen LogP contribution in [0, 0.1) is 24.7 Å². The van der Waals surface area contributed by atoms with Crippen LogP contribution >= 0.6 is 0 Å². The van der Waals surface area contributed by atoms with Crippen molar-refractivity contribution in [3.8, 4) is 5.75 Å². The monoisotopic (exact) mass is 431 g/mol. The molecule has 166 valence electrons. The normalized spacial score (nSPS) is 22.8. The molecule has 0 spiro atoms. The van der Waals surface area contributed by atoms with Crippen molar-refractivity contribution in [3.05, 3.63) is 75.6 Å². The van der Waals surface area contributed by atoms with Crippen LogP contribution in [0.2, 0.25) is 0 Å². The number of carbonyl (C=O) groups is 1. The molecule has 0 radical (unpaired) electrons. The van der Waals surface area contributed by atoms with Gasteiger partial charge < -0.3 is 14.5 Å². The Bertz CT molecular complexity index is 1200. The first-order valence-corrected chi connectivity index (χ1v) is 11.5. The number of aryl methyl sites for hydroxylation is 1. The Hall–Kier alpha value is -3.08. The second-order valence-corrected chi connectivity index (χ2v) is 9.49. The molecule has 2 aromatic carbocycles. The van der Waals surface area contributed by atoms with Gasteiger partial charge >= 0.3 is 5.63 Å². The quantitative estimate of drug-likeness (QED) is 0.542. The first kappa shape index (κ1) is 20.8. The van der Waals surface area contributed by atoms with Crippen molar-refractivity contribution in [1.29, 1.82) is 0 Å². The third kappa shape index (κ3) is 4.16. The predicted molar refractivity (Wildman–Crippen MR) is 124 cm³/mol. The maximum absolute atomic E-state index is 12.7. The molecule has 0 saturated heterocycles. The van der Waals surface area contributed by atoms with Gasteiger partial charge in [-0.1, -0.05) is 18.6 Å². The van der Waals surface area contributed by atoms with Crippen LogP contribution in [0.25, 0.3) is 11.0 Å². The zero-order valence-electron chi connectivity index (χ0n) is 18.6. The largest absolute Gasteiger partial charge is 0.489 e. The van der Waals surface area contributed by atoms with E-state index in [0.29, 0.717) is 29.4 Å². The molecule has 4 unspecified atom stereocenters. The summed E-state index contributed by atoms with van der Waals surface area (Å²) in [6, 6.07) is 14.8. The van der Waals surface area contributed by atoms with E-state index in [2.05, 4.69) is 12.2 Å².